The van der Waals surface area contributed by atoms with Crippen molar-refractivity contribution in [3.63, 3.8) is 0 Å². The lowest BCUT2D eigenvalue weighted by molar-refractivity contribution is 0.456. The maximum absolute atomic E-state index is 6.18. The number of halogens is 1. The zero-order valence-corrected chi connectivity index (χ0v) is 13.9. The molecule has 0 spiro atoms. The van der Waals surface area contributed by atoms with Crippen molar-refractivity contribution in [1.82, 2.24) is 10.3 Å². The summed E-state index contributed by atoms with van der Waals surface area (Å²) in [5.41, 5.74) is 5.41. The van der Waals surface area contributed by atoms with Crippen molar-refractivity contribution in [3.8, 4) is 0 Å². The molecule has 23 heavy (non-hydrogen) atoms. The van der Waals surface area contributed by atoms with Gasteiger partial charge in [-0.1, -0.05) is 41.9 Å². The zero-order chi connectivity index (χ0) is 15.6. The Bertz CT molecular complexity index is 807. The summed E-state index contributed by atoms with van der Waals surface area (Å²) in [5, 5.41) is 5.85. The molecule has 3 aromatic rings. The van der Waals surface area contributed by atoms with Crippen LogP contribution < -0.4 is 5.32 Å². The van der Waals surface area contributed by atoms with E-state index in [2.05, 4.69) is 52.8 Å². The predicted molar refractivity (Wildman–Crippen MR) is 97.1 cm³/mol. The van der Waals surface area contributed by atoms with Gasteiger partial charge in [-0.2, -0.15) is 0 Å². The second kappa shape index (κ2) is 6.38. The van der Waals surface area contributed by atoms with Crippen molar-refractivity contribution >= 4 is 22.5 Å². The first-order chi connectivity index (χ1) is 11.3. The number of H-pyrrole nitrogens is 1. The van der Waals surface area contributed by atoms with E-state index in [0.29, 0.717) is 6.04 Å². The van der Waals surface area contributed by atoms with Gasteiger partial charge in [0.2, 0.25) is 0 Å². The Labute approximate surface area is 141 Å². The van der Waals surface area contributed by atoms with Gasteiger partial charge in [-0.25, -0.2) is 0 Å². The van der Waals surface area contributed by atoms with Crippen molar-refractivity contribution in [2.75, 3.05) is 6.54 Å². The molecule has 0 saturated heterocycles. The topological polar surface area (TPSA) is 27.8 Å². The third-order valence-corrected chi connectivity index (χ3v) is 5.05. The minimum atomic E-state index is 0.425. The summed E-state index contributed by atoms with van der Waals surface area (Å²) in [6.07, 6.45) is 4.64. The molecule has 1 aromatic heterocycles. The number of aromatic amines is 1. The fourth-order valence-electron chi connectivity index (χ4n) is 3.67. The Morgan fingerprint density at radius 3 is 2.87 bits per heavy atom. The van der Waals surface area contributed by atoms with Gasteiger partial charge in [0.1, 0.15) is 0 Å². The van der Waals surface area contributed by atoms with Crippen LogP contribution in [0.25, 0.3) is 10.9 Å². The van der Waals surface area contributed by atoms with E-state index in [4.69, 9.17) is 11.6 Å². The van der Waals surface area contributed by atoms with E-state index < -0.39 is 0 Å². The second-order valence-corrected chi connectivity index (χ2v) is 6.78. The van der Waals surface area contributed by atoms with Crippen molar-refractivity contribution in [2.24, 2.45) is 0 Å². The van der Waals surface area contributed by atoms with Crippen LogP contribution >= 0.6 is 11.6 Å². The van der Waals surface area contributed by atoms with E-state index in [1.807, 2.05) is 6.07 Å². The number of aromatic nitrogens is 1. The van der Waals surface area contributed by atoms with Crippen LogP contribution in [0.4, 0.5) is 0 Å². The lowest BCUT2D eigenvalue weighted by Gasteiger charge is -2.24. The average Bonchev–Trinajstić information content (AvgIpc) is 2.95. The van der Waals surface area contributed by atoms with Crippen LogP contribution in [-0.4, -0.2) is 11.5 Å². The van der Waals surface area contributed by atoms with Crippen molar-refractivity contribution in [2.45, 2.75) is 31.7 Å². The Hall–Kier alpha value is -1.77. The van der Waals surface area contributed by atoms with Crippen LogP contribution in [0.15, 0.2) is 48.5 Å². The largest absolute Gasteiger partial charge is 0.357 e. The van der Waals surface area contributed by atoms with Gasteiger partial charge in [0.25, 0.3) is 0 Å². The highest BCUT2D eigenvalue weighted by atomic mass is 35.5. The monoisotopic (exact) mass is 324 g/mol. The Morgan fingerprint density at radius 1 is 1.13 bits per heavy atom. The lowest BCUT2D eigenvalue weighted by Crippen LogP contribution is -2.27. The van der Waals surface area contributed by atoms with Crippen LogP contribution in [0.5, 0.6) is 0 Å². The number of hydrogen-bond donors (Lipinski definition) is 2. The maximum Gasteiger partial charge on any atom is 0.0476 e. The molecule has 1 heterocycles. The van der Waals surface area contributed by atoms with E-state index in [1.165, 1.54) is 40.6 Å². The summed E-state index contributed by atoms with van der Waals surface area (Å²) in [4.78, 5) is 3.62. The number of fused-ring (bicyclic) bond motifs is 3. The minimum absolute atomic E-state index is 0.425. The fourth-order valence-corrected chi connectivity index (χ4v) is 3.85. The van der Waals surface area contributed by atoms with E-state index in [0.717, 1.165) is 24.4 Å². The summed E-state index contributed by atoms with van der Waals surface area (Å²) in [6, 6.07) is 17.2. The lowest BCUT2D eigenvalue weighted by atomic mass is 9.91. The van der Waals surface area contributed by atoms with Crippen LogP contribution in [-0.2, 0) is 12.8 Å². The summed E-state index contributed by atoms with van der Waals surface area (Å²) in [7, 11) is 0. The molecular formula is C20H21ClN2. The van der Waals surface area contributed by atoms with Crippen LogP contribution in [0, 0.1) is 0 Å². The summed E-state index contributed by atoms with van der Waals surface area (Å²) in [6.45, 7) is 1.00. The first kappa shape index (κ1) is 14.8. The number of nitrogens with one attached hydrogen (secondary N) is 2. The molecule has 2 nitrogen and oxygen atoms in total. The van der Waals surface area contributed by atoms with E-state index >= 15 is 0 Å². The van der Waals surface area contributed by atoms with Crippen molar-refractivity contribution in [1.29, 1.82) is 0 Å². The molecule has 118 valence electrons. The molecule has 4 rings (SSSR count). The molecule has 1 aliphatic carbocycles. The first-order valence-electron chi connectivity index (χ1n) is 8.38. The second-order valence-electron chi connectivity index (χ2n) is 6.34. The third-order valence-electron chi connectivity index (χ3n) is 4.82. The molecule has 1 aliphatic rings. The molecule has 0 amide bonds. The number of rotatable bonds is 4. The van der Waals surface area contributed by atoms with E-state index in [-0.39, 0.29) is 0 Å². The minimum Gasteiger partial charge on any atom is -0.357 e. The van der Waals surface area contributed by atoms with Crippen LogP contribution in [0.3, 0.4) is 0 Å². The normalized spacial score (nSPS) is 17.3. The van der Waals surface area contributed by atoms with Gasteiger partial charge in [0.05, 0.1) is 0 Å². The van der Waals surface area contributed by atoms with Crippen molar-refractivity contribution < 1.29 is 0 Å². The van der Waals surface area contributed by atoms with E-state index in [9.17, 15) is 0 Å². The molecule has 2 N–H and O–H groups in total. The van der Waals surface area contributed by atoms with Gasteiger partial charge in [0.15, 0.2) is 0 Å². The Morgan fingerprint density at radius 2 is 2.00 bits per heavy atom. The molecule has 0 saturated carbocycles. The van der Waals surface area contributed by atoms with Gasteiger partial charge < -0.3 is 10.3 Å². The maximum atomic E-state index is 6.18. The standard InChI is InChI=1S/C20H21ClN2/c21-15-9-10-18-17(13-15)16-7-4-8-19(20(16)23-18)22-12-11-14-5-2-1-3-6-14/h1-3,5-6,9-10,13,19,22-23H,4,7-8,11-12H2. The van der Waals surface area contributed by atoms with E-state index in [1.54, 1.807) is 0 Å². The number of hydrogen-bond acceptors (Lipinski definition) is 1. The first-order valence-corrected chi connectivity index (χ1v) is 8.76. The summed E-state index contributed by atoms with van der Waals surface area (Å²) < 4.78 is 0. The number of benzene rings is 2. The molecular weight excluding hydrogens is 304 g/mol. The Balaban J connectivity index is 1.52. The smallest absolute Gasteiger partial charge is 0.0476 e. The molecule has 0 fully saturated rings. The SMILES string of the molecule is Clc1ccc2[nH]c3c(c2c1)CCCC3NCCc1ccccc1. The molecule has 0 radical (unpaired) electrons. The average molecular weight is 325 g/mol. The molecule has 0 bridgehead atoms. The molecule has 3 heteroatoms. The highest BCUT2D eigenvalue weighted by Gasteiger charge is 2.23. The van der Waals surface area contributed by atoms with Gasteiger partial charge in [-0.05, 0) is 61.6 Å². The molecule has 1 atom stereocenters. The summed E-state index contributed by atoms with van der Waals surface area (Å²) >= 11 is 6.18. The molecule has 1 unspecified atom stereocenters. The van der Waals surface area contributed by atoms with Crippen LogP contribution in [0.1, 0.15) is 35.7 Å². The van der Waals surface area contributed by atoms with Gasteiger partial charge in [0, 0.05) is 27.7 Å². The number of aryl methyl sites for hydroxylation is 1. The highest BCUT2D eigenvalue weighted by Crippen LogP contribution is 2.35. The summed E-state index contributed by atoms with van der Waals surface area (Å²) in [5.74, 6) is 0. The quantitative estimate of drug-likeness (QED) is 0.692. The highest BCUT2D eigenvalue weighted by molar-refractivity contribution is 6.31. The third kappa shape index (κ3) is 3.01. The van der Waals surface area contributed by atoms with Crippen LogP contribution in [0.2, 0.25) is 5.02 Å². The van der Waals surface area contributed by atoms with Gasteiger partial charge >= 0.3 is 0 Å². The zero-order valence-electron chi connectivity index (χ0n) is 13.1. The molecule has 0 aliphatic heterocycles. The van der Waals surface area contributed by atoms with Gasteiger partial charge in [-0.3, -0.25) is 0 Å². The predicted octanol–water partition coefficient (Wildman–Crippen LogP) is 5.03. The van der Waals surface area contributed by atoms with Gasteiger partial charge in [-0.15, -0.1) is 0 Å². The van der Waals surface area contributed by atoms with Crippen molar-refractivity contribution in [3.05, 3.63) is 70.4 Å². The Kier molecular flexibility index (Phi) is 4.11. The molecule has 2 aromatic carbocycles. The fraction of sp³-hybridized carbons (Fsp3) is 0.300.